The van der Waals surface area contributed by atoms with E-state index in [0.29, 0.717) is 5.69 Å². The van der Waals surface area contributed by atoms with Crippen LogP contribution in [0.4, 0.5) is 8.78 Å². The highest BCUT2D eigenvalue weighted by molar-refractivity contribution is 6.30. The molecule has 0 radical (unpaired) electrons. The van der Waals surface area contributed by atoms with E-state index in [1.165, 1.54) is 4.68 Å². The zero-order valence-corrected chi connectivity index (χ0v) is 10.3. The summed E-state index contributed by atoms with van der Waals surface area (Å²) < 4.78 is 28.4. The van der Waals surface area contributed by atoms with Crippen LogP contribution in [0.3, 0.4) is 0 Å². The normalized spacial score (nSPS) is 12.7. The first kappa shape index (κ1) is 12.9. The maximum Gasteiger partial charge on any atom is 0.142 e. The second-order valence-corrected chi connectivity index (χ2v) is 4.39. The largest absolute Gasteiger partial charge is 0.324 e. The molecule has 2 aromatic rings. The van der Waals surface area contributed by atoms with Crippen LogP contribution in [0.2, 0.25) is 5.02 Å². The predicted octanol–water partition coefficient (Wildman–Crippen LogP) is 1.99. The third kappa shape index (κ3) is 2.65. The average Bonchev–Trinajstić information content (AvgIpc) is 2.69. The van der Waals surface area contributed by atoms with Crippen molar-refractivity contribution in [3.05, 3.63) is 46.2 Å². The lowest BCUT2D eigenvalue weighted by atomic mass is 10.0. The minimum atomic E-state index is -0.700. The number of aromatic nitrogens is 3. The average molecular weight is 273 g/mol. The Bertz CT molecular complexity index is 570. The van der Waals surface area contributed by atoms with E-state index < -0.39 is 17.7 Å². The zero-order valence-electron chi connectivity index (χ0n) is 9.57. The SMILES string of the molecule is Cn1cc(CC(N)c2cc(F)c(Cl)cc2F)nn1. The van der Waals surface area contributed by atoms with Gasteiger partial charge in [-0.1, -0.05) is 16.8 Å². The van der Waals surface area contributed by atoms with E-state index in [9.17, 15) is 8.78 Å². The Labute approximate surface area is 107 Å². The molecule has 0 aliphatic carbocycles. The predicted molar refractivity (Wildman–Crippen MR) is 63.0 cm³/mol. The quantitative estimate of drug-likeness (QED) is 0.870. The third-order valence-corrected chi connectivity index (χ3v) is 2.81. The number of hydrogen-bond acceptors (Lipinski definition) is 3. The standard InChI is InChI=1S/C11H11ClF2N4/c1-18-5-6(16-17-18)2-11(15)7-3-10(14)8(12)4-9(7)13/h3-5,11H,2,15H2,1H3. The minimum Gasteiger partial charge on any atom is -0.324 e. The molecular formula is C11H11ClF2N4. The highest BCUT2D eigenvalue weighted by Crippen LogP contribution is 2.24. The molecule has 96 valence electrons. The lowest BCUT2D eigenvalue weighted by Gasteiger charge is -2.12. The molecule has 1 aromatic heterocycles. The maximum absolute atomic E-state index is 13.6. The third-order valence-electron chi connectivity index (χ3n) is 2.52. The molecule has 1 unspecified atom stereocenters. The number of halogens is 3. The summed E-state index contributed by atoms with van der Waals surface area (Å²) in [4.78, 5) is 0. The molecule has 0 saturated heterocycles. The van der Waals surface area contributed by atoms with Crippen LogP contribution in [-0.4, -0.2) is 15.0 Å². The van der Waals surface area contributed by atoms with E-state index in [0.717, 1.165) is 12.1 Å². The summed E-state index contributed by atoms with van der Waals surface area (Å²) in [5, 5.41) is 7.32. The van der Waals surface area contributed by atoms with Crippen molar-refractivity contribution in [2.24, 2.45) is 12.8 Å². The summed E-state index contributed by atoms with van der Waals surface area (Å²) in [6.07, 6.45) is 1.94. The number of hydrogen-bond donors (Lipinski definition) is 1. The molecule has 2 N–H and O–H groups in total. The molecule has 0 amide bonds. The summed E-state index contributed by atoms with van der Waals surface area (Å²) in [5.74, 6) is -1.32. The van der Waals surface area contributed by atoms with Gasteiger partial charge in [-0.25, -0.2) is 8.78 Å². The Morgan fingerprint density at radius 3 is 2.72 bits per heavy atom. The molecular weight excluding hydrogens is 262 g/mol. The highest BCUT2D eigenvalue weighted by atomic mass is 35.5. The van der Waals surface area contributed by atoms with Gasteiger partial charge >= 0.3 is 0 Å². The van der Waals surface area contributed by atoms with Gasteiger partial charge in [0.2, 0.25) is 0 Å². The molecule has 0 aliphatic heterocycles. The van der Waals surface area contributed by atoms with Crippen molar-refractivity contribution in [3.63, 3.8) is 0 Å². The van der Waals surface area contributed by atoms with Crippen LogP contribution in [0.15, 0.2) is 18.3 Å². The second-order valence-electron chi connectivity index (χ2n) is 3.98. The van der Waals surface area contributed by atoms with E-state index in [1.807, 2.05) is 0 Å². The van der Waals surface area contributed by atoms with Gasteiger partial charge in [0.25, 0.3) is 0 Å². The van der Waals surface area contributed by atoms with Gasteiger partial charge in [-0.2, -0.15) is 0 Å². The lowest BCUT2D eigenvalue weighted by Crippen LogP contribution is -2.15. The van der Waals surface area contributed by atoms with Crippen LogP contribution in [-0.2, 0) is 13.5 Å². The number of rotatable bonds is 3. The summed E-state index contributed by atoms with van der Waals surface area (Å²) in [7, 11) is 1.71. The second kappa shape index (κ2) is 4.99. The van der Waals surface area contributed by atoms with Crippen molar-refractivity contribution in [3.8, 4) is 0 Å². The molecule has 0 bridgehead atoms. The molecule has 1 atom stereocenters. The van der Waals surface area contributed by atoms with Gasteiger partial charge < -0.3 is 5.73 Å². The first-order valence-electron chi connectivity index (χ1n) is 5.22. The fourth-order valence-corrected chi connectivity index (χ4v) is 1.80. The Morgan fingerprint density at radius 1 is 1.39 bits per heavy atom. The van der Waals surface area contributed by atoms with E-state index in [2.05, 4.69) is 10.3 Å². The van der Waals surface area contributed by atoms with E-state index >= 15 is 0 Å². The maximum atomic E-state index is 13.6. The molecule has 18 heavy (non-hydrogen) atoms. The Hall–Kier alpha value is -1.53. The first-order valence-corrected chi connectivity index (χ1v) is 5.60. The summed E-state index contributed by atoms with van der Waals surface area (Å²) in [6, 6.07) is 1.23. The van der Waals surface area contributed by atoms with Crippen molar-refractivity contribution in [1.82, 2.24) is 15.0 Å². The van der Waals surface area contributed by atoms with Crippen molar-refractivity contribution >= 4 is 11.6 Å². The van der Waals surface area contributed by atoms with Crippen molar-refractivity contribution in [2.45, 2.75) is 12.5 Å². The van der Waals surface area contributed by atoms with Gasteiger partial charge in [-0.3, -0.25) is 4.68 Å². The fourth-order valence-electron chi connectivity index (χ4n) is 1.65. The fraction of sp³-hybridized carbons (Fsp3) is 0.273. The molecule has 0 spiro atoms. The Kier molecular flexibility index (Phi) is 3.58. The van der Waals surface area contributed by atoms with Gasteiger partial charge in [-0.15, -0.1) is 5.10 Å². The molecule has 1 heterocycles. The molecule has 0 aliphatic rings. The number of nitrogens with zero attached hydrogens (tertiary/aromatic N) is 3. The van der Waals surface area contributed by atoms with Gasteiger partial charge in [0.1, 0.15) is 11.6 Å². The molecule has 7 heteroatoms. The monoisotopic (exact) mass is 272 g/mol. The Morgan fingerprint density at radius 2 is 2.11 bits per heavy atom. The molecule has 0 saturated carbocycles. The molecule has 4 nitrogen and oxygen atoms in total. The van der Waals surface area contributed by atoms with Crippen LogP contribution < -0.4 is 5.73 Å². The lowest BCUT2D eigenvalue weighted by molar-refractivity contribution is 0.559. The van der Waals surface area contributed by atoms with E-state index in [-0.39, 0.29) is 17.0 Å². The van der Waals surface area contributed by atoms with Crippen molar-refractivity contribution < 1.29 is 8.78 Å². The highest BCUT2D eigenvalue weighted by Gasteiger charge is 2.16. The van der Waals surface area contributed by atoms with Crippen LogP contribution in [0.5, 0.6) is 0 Å². The van der Waals surface area contributed by atoms with Gasteiger partial charge in [0.15, 0.2) is 0 Å². The van der Waals surface area contributed by atoms with Gasteiger partial charge in [0, 0.05) is 31.3 Å². The Balaban J connectivity index is 2.23. The van der Waals surface area contributed by atoms with Gasteiger partial charge in [0.05, 0.1) is 10.7 Å². The number of aryl methyl sites for hydroxylation is 1. The van der Waals surface area contributed by atoms with Crippen molar-refractivity contribution in [2.75, 3.05) is 0 Å². The smallest absolute Gasteiger partial charge is 0.142 e. The van der Waals surface area contributed by atoms with E-state index in [1.54, 1.807) is 13.2 Å². The number of nitrogens with two attached hydrogens (primary N) is 1. The van der Waals surface area contributed by atoms with Crippen LogP contribution in [0.1, 0.15) is 17.3 Å². The van der Waals surface area contributed by atoms with Crippen LogP contribution >= 0.6 is 11.6 Å². The summed E-state index contributed by atoms with van der Waals surface area (Å²) >= 11 is 5.47. The first-order chi connectivity index (χ1) is 8.47. The topological polar surface area (TPSA) is 56.7 Å². The molecule has 1 aromatic carbocycles. The molecule has 0 fully saturated rings. The summed E-state index contributed by atoms with van der Waals surface area (Å²) in [5.41, 5.74) is 6.51. The number of benzene rings is 1. The minimum absolute atomic E-state index is 0.0718. The van der Waals surface area contributed by atoms with Gasteiger partial charge in [-0.05, 0) is 12.1 Å². The van der Waals surface area contributed by atoms with Crippen LogP contribution in [0.25, 0.3) is 0 Å². The van der Waals surface area contributed by atoms with Crippen LogP contribution in [0, 0.1) is 11.6 Å². The zero-order chi connectivity index (χ0) is 13.3. The molecule has 2 rings (SSSR count). The van der Waals surface area contributed by atoms with E-state index in [4.69, 9.17) is 17.3 Å². The van der Waals surface area contributed by atoms with Crippen molar-refractivity contribution in [1.29, 1.82) is 0 Å². The summed E-state index contributed by atoms with van der Waals surface area (Å²) in [6.45, 7) is 0.